The maximum atomic E-state index is 13.4. The molecule has 0 aromatic heterocycles. The van der Waals surface area contributed by atoms with Crippen LogP contribution in [0.25, 0.3) is 0 Å². The summed E-state index contributed by atoms with van der Waals surface area (Å²) in [6.45, 7) is 6.19. The van der Waals surface area contributed by atoms with Gasteiger partial charge in [-0.05, 0) is 80.1 Å². The summed E-state index contributed by atoms with van der Waals surface area (Å²) in [6.07, 6.45) is 0. The molecule has 0 amide bonds. The van der Waals surface area contributed by atoms with Gasteiger partial charge in [0.05, 0.1) is 14.2 Å². The number of nitrogens with one attached hydrogen (secondary N) is 1. The molecule has 0 aliphatic carbocycles. The minimum absolute atomic E-state index is 0. The molecule has 0 fully saturated rings. The quantitative estimate of drug-likeness (QED) is 0.380. The minimum atomic E-state index is -0.529. The van der Waals surface area contributed by atoms with Gasteiger partial charge in [0.15, 0.2) is 5.78 Å². The molecule has 3 aromatic rings. The number of carbonyl (C=O) groups excluding carboxylic acids is 1. The van der Waals surface area contributed by atoms with Gasteiger partial charge in [0.1, 0.15) is 17.5 Å². The molecule has 3 aromatic carbocycles. The summed E-state index contributed by atoms with van der Waals surface area (Å²) in [5, 5.41) is 3.42. The molecule has 0 heterocycles. The lowest BCUT2D eigenvalue weighted by Gasteiger charge is -2.23. The average Bonchev–Trinajstić information content (AvgIpc) is 2.84. The van der Waals surface area contributed by atoms with Crippen molar-refractivity contribution in [3.63, 3.8) is 0 Å². The van der Waals surface area contributed by atoms with E-state index in [1.165, 1.54) is 0 Å². The highest BCUT2D eigenvalue weighted by atomic mass is 35.5. The van der Waals surface area contributed by atoms with Gasteiger partial charge in [-0.25, -0.2) is 0 Å². The molecule has 5 nitrogen and oxygen atoms in total. The maximum Gasteiger partial charge on any atom is 0.189 e. The number of methoxy groups -OCH3 is 2. The SMILES string of the molecule is CCN(CC)c1ccc(NC(C(=O)c2ccc(OC)cc2)c2ccc(OC)cc2)cc1.Cl. The van der Waals surface area contributed by atoms with Gasteiger partial charge < -0.3 is 19.7 Å². The molecule has 0 spiro atoms. The van der Waals surface area contributed by atoms with Gasteiger partial charge in [-0.2, -0.15) is 0 Å². The first-order valence-corrected chi connectivity index (χ1v) is 10.5. The third kappa shape index (κ3) is 5.95. The molecule has 0 bridgehead atoms. The van der Waals surface area contributed by atoms with E-state index in [-0.39, 0.29) is 18.2 Å². The van der Waals surface area contributed by atoms with Crippen LogP contribution in [-0.4, -0.2) is 33.1 Å². The first-order chi connectivity index (χ1) is 15.1. The largest absolute Gasteiger partial charge is 0.497 e. The standard InChI is InChI=1S/C26H30N2O3.ClH/c1-5-28(6-2)22-13-11-21(12-14-22)27-25(19-7-15-23(30-3)16-8-19)26(29)20-9-17-24(31-4)18-10-20;/h7-18,25,27H,5-6H2,1-4H3;1H. The lowest BCUT2D eigenvalue weighted by atomic mass is 9.96. The van der Waals surface area contributed by atoms with E-state index >= 15 is 0 Å². The van der Waals surface area contributed by atoms with Crippen LogP contribution in [0.5, 0.6) is 11.5 Å². The number of Topliss-reactive ketones (excluding diaryl/α,β-unsaturated/α-hetero) is 1. The zero-order chi connectivity index (χ0) is 22.2. The van der Waals surface area contributed by atoms with Gasteiger partial charge in [-0.15, -0.1) is 12.4 Å². The second-order valence-electron chi connectivity index (χ2n) is 7.16. The molecule has 1 atom stereocenters. The Morgan fingerprint density at radius 2 is 1.31 bits per heavy atom. The summed E-state index contributed by atoms with van der Waals surface area (Å²) < 4.78 is 10.5. The van der Waals surface area contributed by atoms with E-state index in [1.54, 1.807) is 38.5 Å². The Kier molecular flexibility index (Phi) is 9.41. The molecule has 0 radical (unpaired) electrons. The number of benzene rings is 3. The Morgan fingerprint density at radius 3 is 1.78 bits per heavy atom. The van der Waals surface area contributed by atoms with Crippen LogP contribution in [0.3, 0.4) is 0 Å². The molecule has 170 valence electrons. The number of rotatable bonds is 10. The molecule has 32 heavy (non-hydrogen) atoms. The summed E-state index contributed by atoms with van der Waals surface area (Å²) in [7, 11) is 3.24. The van der Waals surface area contributed by atoms with Crippen LogP contribution in [-0.2, 0) is 0 Å². The number of nitrogens with zero attached hydrogens (tertiary/aromatic N) is 1. The third-order valence-electron chi connectivity index (χ3n) is 5.39. The van der Waals surface area contributed by atoms with E-state index in [0.717, 1.165) is 41.5 Å². The summed E-state index contributed by atoms with van der Waals surface area (Å²) in [6, 6.07) is 22.4. The van der Waals surface area contributed by atoms with E-state index in [4.69, 9.17) is 9.47 Å². The number of ketones is 1. The normalized spacial score (nSPS) is 11.1. The zero-order valence-corrected chi connectivity index (χ0v) is 19.8. The van der Waals surface area contributed by atoms with Crippen LogP contribution in [0.1, 0.15) is 35.8 Å². The van der Waals surface area contributed by atoms with Crippen LogP contribution < -0.4 is 19.7 Å². The lowest BCUT2D eigenvalue weighted by molar-refractivity contribution is 0.0969. The molecule has 0 saturated heterocycles. The van der Waals surface area contributed by atoms with Crippen LogP contribution in [0.4, 0.5) is 11.4 Å². The molecule has 1 N–H and O–H groups in total. The fourth-order valence-electron chi connectivity index (χ4n) is 3.54. The van der Waals surface area contributed by atoms with E-state index in [1.807, 2.05) is 36.4 Å². The number of hydrogen-bond acceptors (Lipinski definition) is 5. The highest BCUT2D eigenvalue weighted by molar-refractivity contribution is 6.02. The third-order valence-corrected chi connectivity index (χ3v) is 5.39. The molecule has 1 unspecified atom stereocenters. The molecule has 0 aliphatic rings. The van der Waals surface area contributed by atoms with Gasteiger partial charge in [-0.3, -0.25) is 4.79 Å². The topological polar surface area (TPSA) is 50.8 Å². The molecule has 6 heteroatoms. The van der Waals surface area contributed by atoms with Gasteiger partial charge in [0.25, 0.3) is 0 Å². The Labute approximate surface area is 196 Å². The molecule has 0 aliphatic heterocycles. The number of carbonyl (C=O) groups is 1. The first-order valence-electron chi connectivity index (χ1n) is 10.5. The van der Waals surface area contributed by atoms with Crippen molar-refractivity contribution in [3.05, 3.63) is 83.9 Å². The molecule has 3 rings (SSSR count). The van der Waals surface area contributed by atoms with Crippen molar-refractivity contribution >= 4 is 29.6 Å². The number of halogens is 1. The van der Waals surface area contributed by atoms with Gasteiger partial charge in [-0.1, -0.05) is 12.1 Å². The first kappa shape index (κ1) is 25.1. The van der Waals surface area contributed by atoms with E-state index in [2.05, 4.69) is 36.2 Å². The van der Waals surface area contributed by atoms with E-state index < -0.39 is 6.04 Å². The molecular formula is C26H31ClN2O3. The Balaban J connectivity index is 0.00000363. The van der Waals surface area contributed by atoms with Crippen molar-refractivity contribution in [3.8, 4) is 11.5 Å². The number of hydrogen-bond donors (Lipinski definition) is 1. The Hall–Kier alpha value is -3.18. The number of ether oxygens (including phenoxy) is 2. The Morgan fingerprint density at radius 1 is 0.812 bits per heavy atom. The average molecular weight is 455 g/mol. The van der Waals surface area contributed by atoms with Crippen molar-refractivity contribution in [1.29, 1.82) is 0 Å². The predicted octanol–water partition coefficient (Wildman–Crippen LogP) is 6.01. The van der Waals surface area contributed by atoms with Crippen molar-refractivity contribution in [2.45, 2.75) is 19.9 Å². The van der Waals surface area contributed by atoms with Gasteiger partial charge in [0.2, 0.25) is 0 Å². The van der Waals surface area contributed by atoms with Crippen molar-refractivity contribution < 1.29 is 14.3 Å². The van der Waals surface area contributed by atoms with E-state index in [9.17, 15) is 4.79 Å². The fourth-order valence-corrected chi connectivity index (χ4v) is 3.54. The summed E-state index contributed by atoms with van der Waals surface area (Å²) in [5.74, 6) is 1.46. The summed E-state index contributed by atoms with van der Waals surface area (Å²) in [5.41, 5.74) is 3.54. The fraction of sp³-hybridized carbons (Fsp3) is 0.269. The highest BCUT2D eigenvalue weighted by Gasteiger charge is 2.22. The van der Waals surface area contributed by atoms with Crippen molar-refractivity contribution in [2.24, 2.45) is 0 Å². The minimum Gasteiger partial charge on any atom is -0.497 e. The van der Waals surface area contributed by atoms with Crippen LogP contribution in [0, 0.1) is 0 Å². The zero-order valence-electron chi connectivity index (χ0n) is 19.0. The summed E-state index contributed by atoms with van der Waals surface area (Å²) >= 11 is 0. The molecule has 0 saturated carbocycles. The van der Waals surface area contributed by atoms with Gasteiger partial charge in [0, 0.05) is 30.0 Å². The maximum absolute atomic E-state index is 13.4. The van der Waals surface area contributed by atoms with Gasteiger partial charge >= 0.3 is 0 Å². The predicted molar refractivity (Wildman–Crippen MR) is 134 cm³/mol. The van der Waals surface area contributed by atoms with Crippen LogP contribution >= 0.6 is 12.4 Å². The second kappa shape index (κ2) is 12.0. The second-order valence-corrected chi connectivity index (χ2v) is 7.16. The monoisotopic (exact) mass is 454 g/mol. The number of anilines is 2. The van der Waals surface area contributed by atoms with Crippen LogP contribution in [0.2, 0.25) is 0 Å². The smallest absolute Gasteiger partial charge is 0.189 e. The Bertz CT molecular complexity index is 969. The highest BCUT2D eigenvalue weighted by Crippen LogP contribution is 2.27. The van der Waals surface area contributed by atoms with Crippen molar-refractivity contribution in [1.82, 2.24) is 0 Å². The van der Waals surface area contributed by atoms with Crippen molar-refractivity contribution in [2.75, 3.05) is 37.5 Å². The van der Waals surface area contributed by atoms with E-state index in [0.29, 0.717) is 5.56 Å². The summed E-state index contributed by atoms with van der Waals surface area (Å²) in [4.78, 5) is 15.7. The lowest BCUT2D eigenvalue weighted by Crippen LogP contribution is -2.22. The van der Waals surface area contributed by atoms with Crippen LogP contribution in [0.15, 0.2) is 72.8 Å². The molecular weight excluding hydrogens is 424 g/mol.